The number of rotatable bonds is 6. The van der Waals surface area contributed by atoms with Crippen LogP contribution in [-0.4, -0.2) is 29.8 Å². The second kappa shape index (κ2) is 5.80. The summed E-state index contributed by atoms with van der Waals surface area (Å²) in [5.41, 5.74) is 0.906. The van der Waals surface area contributed by atoms with E-state index in [1.807, 2.05) is 7.05 Å². The Morgan fingerprint density at radius 1 is 1.47 bits per heavy atom. The van der Waals surface area contributed by atoms with Gasteiger partial charge < -0.3 is 14.7 Å². The van der Waals surface area contributed by atoms with Crippen molar-refractivity contribution in [1.82, 2.24) is 4.98 Å². The van der Waals surface area contributed by atoms with Gasteiger partial charge in [-0.25, -0.2) is 4.98 Å². The molecule has 1 aromatic heterocycles. The van der Waals surface area contributed by atoms with E-state index in [4.69, 9.17) is 4.74 Å². The van der Waals surface area contributed by atoms with Crippen LogP contribution >= 0.6 is 11.3 Å². The van der Waals surface area contributed by atoms with Crippen molar-refractivity contribution < 1.29 is 9.84 Å². The lowest BCUT2D eigenvalue weighted by Gasteiger charge is -2.34. The molecule has 1 N–H and O–H groups in total. The first-order valence-corrected chi connectivity index (χ1v) is 6.60. The maximum absolute atomic E-state index is 9.30. The first-order chi connectivity index (χ1) is 7.96. The number of anilines is 1. The minimum Gasteiger partial charge on any atom is -0.391 e. The maximum Gasteiger partial charge on any atom is 0.186 e. The number of aliphatic hydroxyl groups is 1. The zero-order valence-electron chi connectivity index (χ0n) is 11.3. The summed E-state index contributed by atoms with van der Waals surface area (Å²) in [6.45, 7) is 7.00. The molecule has 0 unspecified atom stereocenters. The van der Waals surface area contributed by atoms with E-state index in [0.29, 0.717) is 6.61 Å². The molecule has 1 aromatic rings. The highest BCUT2D eigenvalue weighted by molar-refractivity contribution is 7.15. The molecule has 0 bridgehead atoms. The Hall–Kier alpha value is -0.650. The molecule has 0 aliphatic carbocycles. The SMILES string of the molecule is CCC(C)(C)N(C)c1nc(COC)c(CO)s1. The van der Waals surface area contributed by atoms with Crippen molar-refractivity contribution in [3.8, 4) is 0 Å². The lowest BCUT2D eigenvalue weighted by atomic mass is 10.0. The Kier molecular flexibility index (Phi) is 4.91. The van der Waals surface area contributed by atoms with E-state index in [-0.39, 0.29) is 12.1 Å². The molecule has 0 saturated heterocycles. The van der Waals surface area contributed by atoms with E-state index in [1.165, 1.54) is 11.3 Å². The van der Waals surface area contributed by atoms with E-state index in [9.17, 15) is 5.11 Å². The van der Waals surface area contributed by atoms with Crippen LogP contribution in [0.15, 0.2) is 0 Å². The predicted octanol–water partition coefficient (Wildman–Crippen LogP) is 2.41. The van der Waals surface area contributed by atoms with Gasteiger partial charge in [-0.15, -0.1) is 0 Å². The van der Waals surface area contributed by atoms with Gasteiger partial charge >= 0.3 is 0 Å². The molecule has 5 heteroatoms. The van der Waals surface area contributed by atoms with Crippen LogP contribution in [0.4, 0.5) is 5.13 Å². The van der Waals surface area contributed by atoms with Crippen molar-refractivity contribution in [1.29, 1.82) is 0 Å². The Morgan fingerprint density at radius 3 is 2.59 bits per heavy atom. The van der Waals surface area contributed by atoms with Gasteiger partial charge in [0.1, 0.15) is 0 Å². The van der Waals surface area contributed by atoms with Crippen LogP contribution in [0.3, 0.4) is 0 Å². The van der Waals surface area contributed by atoms with Crippen molar-refractivity contribution in [3.63, 3.8) is 0 Å². The van der Waals surface area contributed by atoms with Gasteiger partial charge in [-0.05, 0) is 20.3 Å². The summed E-state index contributed by atoms with van der Waals surface area (Å²) in [5.74, 6) is 0. The van der Waals surface area contributed by atoms with Crippen LogP contribution in [-0.2, 0) is 18.0 Å². The van der Waals surface area contributed by atoms with Gasteiger partial charge in [-0.1, -0.05) is 18.3 Å². The zero-order chi connectivity index (χ0) is 13.1. The summed E-state index contributed by atoms with van der Waals surface area (Å²) < 4.78 is 5.09. The predicted molar refractivity (Wildman–Crippen MR) is 71.5 cm³/mol. The second-order valence-corrected chi connectivity index (χ2v) is 5.74. The fraction of sp³-hybridized carbons (Fsp3) is 0.750. The molecule has 1 rings (SSSR count). The number of hydrogen-bond donors (Lipinski definition) is 1. The highest BCUT2D eigenvalue weighted by Gasteiger charge is 2.25. The smallest absolute Gasteiger partial charge is 0.186 e. The zero-order valence-corrected chi connectivity index (χ0v) is 12.1. The number of thiazole rings is 1. The normalized spacial score (nSPS) is 11.9. The fourth-order valence-electron chi connectivity index (χ4n) is 1.38. The second-order valence-electron chi connectivity index (χ2n) is 4.68. The van der Waals surface area contributed by atoms with Gasteiger partial charge in [0.05, 0.1) is 23.8 Å². The molecule has 0 aliphatic heterocycles. The summed E-state index contributed by atoms with van der Waals surface area (Å²) in [4.78, 5) is 7.60. The molecule has 0 fully saturated rings. The first-order valence-electron chi connectivity index (χ1n) is 5.78. The van der Waals surface area contributed by atoms with E-state index >= 15 is 0 Å². The first kappa shape index (κ1) is 14.4. The minimum atomic E-state index is 0.0246. The summed E-state index contributed by atoms with van der Waals surface area (Å²) >= 11 is 1.53. The molecule has 1 heterocycles. The topological polar surface area (TPSA) is 45.6 Å². The fourth-order valence-corrected chi connectivity index (χ4v) is 2.43. The van der Waals surface area contributed by atoms with E-state index < -0.39 is 0 Å². The monoisotopic (exact) mass is 258 g/mol. The third-order valence-electron chi connectivity index (χ3n) is 3.25. The van der Waals surface area contributed by atoms with Crippen molar-refractivity contribution in [2.24, 2.45) is 0 Å². The van der Waals surface area contributed by atoms with Gasteiger partial charge in [0, 0.05) is 19.7 Å². The van der Waals surface area contributed by atoms with E-state index in [1.54, 1.807) is 7.11 Å². The molecule has 0 radical (unpaired) electrons. The van der Waals surface area contributed by atoms with Crippen LogP contribution in [0.1, 0.15) is 37.8 Å². The molecule has 98 valence electrons. The van der Waals surface area contributed by atoms with Gasteiger partial charge in [0.15, 0.2) is 5.13 Å². The standard InChI is InChI=1S/C12H22N2O2S/c1-6-12(2,3)14(4)11-13-9(8-16-5)10(7-15)17-11/h15H,6-8H2,1-5H3. The van der Waals surface area contributed by atoms with Crippen molar-refractivity contribution >= 4 is 16.5 Å². The van der Waals surface area contributed by atoms with Gasteiger partial charge in [0.25, 0.3) is 0 Å². The summed E-state index contributed by atoms with van der Waals surface area (Å²) in [5, 5.41) is 10.2. The van der Waals surface area contributed by atoms with Gasteiger partial charge in [-0.2, -0.15) is 0 Å². The molecular weight excluding hydrogens is 236 g/mol. The minimum absolute atomic E-state index is 0.0246. The summed E-state index contributed by atoms with van der Waals surface area (Å²) in [6.07, 6.45) is 1.04. The molecule has 0 atom stereocenters. The molecule has 0 spiro atoms. The molecule has 0 aliphatic rings. The average molecular weight is 258 g/mol. The summed E-state index contributed by atoms with van der Waals surface area (Å²) in [6, 6.07) is 0. The number of hydrogen-bond acceptors (Lipinski definition) is 5. The summed E-state index contributed by atoms with van der Waals surface area (Å²) in [7, 11) is 3.68. The highest BCUT2D eigenvalue weighted by atomic mass is 32.1. The van der Waals surface area contributed by atoms with E-state index in [0.717, 1.165) is 22.1 Å². The van der Waals surface area contributed by atoms with Crippen LogP contribution in [0.25, 0.3) is 0 Å². The van der Waals surface area contributed by atoms with Crippen LogP contribution in [0.2, 0.25) is 0 Å². The molecule has 0 aromatic carbocycles. The van der Waals surface area contributed by atoms with Crippen molar-refractivity contribution in [3.05, 3.63) is 10.6 Å². The number of aliphatic hydroxyl groups excluding tert-OH is 1. The van der Waals surface area contributed by atoms with Crippen molar-refractivity contribution in [2.75, 3.05) is 19.1 Å². The maximum atomic E-state index is 9.30. The van der Waals surface area contributed by atoms with Crippen LogP contribution in [0, 0.1) is 0 Å². The Labute approximate surface area is 107 Å². The Morgan fingerprint density at radius 2 is 2.12 bits per heavy atom. The molecule has 0 saturated carbocycles. The molecule has 17 heavy (non-hydrogen) atoms. The van der Waals surface area contributed by atoms with Crippen LogP contribution in [0.5, 0.6) is 0 Å². The number of methoxy groups -OCH3 is 1. The number of ether oxygens (including phenoxy) is 1. The molecular formula is C12H22N2O2S. The third kappa shape index (κ3) is 3.18. The Balaban J connectivity index is 2.99. The Bertz CT molecular complexity index is 363. The lowest BCUT2D eigenvalue weighted by Crippen LogP contribution is -2.40. The average Bonchev–Trinajstić information content (AvgIpc) is 2.71. The number of nitrogens with zero attached hydrogens (tertiary/aromatic N) is 2. The quantitative estimate of drug-likeness (QED) is 0.851. The largest absolute Gasteiger partial charge is 0.391 e. The number of aromatic nitrogens is 1. The van der Waals surface area contributed by atoms with Gasteiger partial charge in [-0.3, -0.25) is 0 Å². The molecule has 4 nitrogen and oxygen atoms in total. The highest BCUT2D eigenvalue weighted by Crippen LogP contribution is 2.31. The van der Waals surface area contributed by atoms with Crippen molar-refractivity contribution in [2.45, 2.75) is 45.9 Å². The van der Waals surface area contributed by atoms with E-state index in [2.05, 4.69) is 30.7 Å². The lowest BCUT2D eigenvalue weighted by molar-refractivity contribution is 0.179. The third-order valence-corrected chi connectivity index (χ3v) is 4.41. The van der Waals surface area contributed by atoms with Crippen LogP contribution < -0.4 is 4.90 Å². The van der Waals surface area contributed by atoms with Gasteiger partial charge in [0.2, 0.25) is 0 Å². The molecule has 0 amide bonds.